The van der Waals surface area contributed by atoms with Gasteiger partial charge in [-0.25, -0.2) is 4.73 Å². The van der Waals surface area contributed by atoms with Gasteiger partial charge in [0.05, 0.1) is 12.2 Å². The maximum atomic E-state index is 12.3. The molecule has 4 N–H and O–H groups in total. The lowest BCUT2D eigenvalue weighted by Gasteiger charge is -2.09. The third-order valence-electron chi connectivity index (χ3n) is 3.00. The summed E-state index contributed by atoms with van der Waals surface area (Å²) in [5, 5.41) is 31.7. The van der Waals surface area contributed by atoms with E-state index in [0.717, 1.165) is 22.6 Å². The summed E-state index contributed by atoms with van der Waals surface area (Å²) >= 11 is 0. The van der Waals surface area contributed by atoms with Crippen LogP contribution >= 0.6 is 0 Å². The van der Waals surface area contributed by atoms with Crippen LogP contribution in [0, 0.1) is 5.21 Å². The van der Waals surface area contributed by atoms with Crippen LogP contribution in [0.5, 0.6) is 0 Å². The van der Waals surface area contributed by atoms with Crippen molar-refractivity contribution in [3.05, 3.63) is 17.3 Å². The summed E-state index contributed by atoms with van der Waals surface area (Å²) in [5.41, 5.74) is 2.45. The van der Waals surface area contributed by atoms with Gasteiger partial charge in [0.15, 0.2) is 0 Å². The highest BCUT2D eigenvalue weighted by molar-refractivity contribution is 5.91. The standard InChI is InChI=1S/C13H21N5O2/c1-4-14-9-7-10(15-5-2)12-11(8-9)17(19)13(16-6-3)18(12)20/h7-8,14-16,20H,4-6H2,1-3H3. The Labute approximate surface area is 117 Å². The molecule has 0 spiro atoms. The van der Waals surface area contributed by atoms with Crippen molar-refractivity contribution >= 4 is 28.4 Å². The number of hydrogen-bond acceptors (Lipinski definition) is 5. The Hall–Kier alpha value is -2.31. The van der Waals surface area contributed by atoms with Gasteiger partial charge in [0.2, 0.25) is 5.52 Å². The molecule has 2 rings (SSSR count). The molecule has 0 radical (unpaired) electrons. The van der Waals surface area contributed by atoms with E-state index < -0.39 is 0 Å². The molecule has 0 unspecified atom stereocenters. The minimum absolute atomic E-state index is 0.121. The minimum Gasteiger partial charge on any atom is -0.740 e. The Bertz CT molecular complexity index is 609. The van der Waals surface area contributed by atoms with Crippen molar-refractivity contribution in [2.75, 3.05) is 35.6 Å². The van der Waals surface area contributed by atoms with Crippen LogP contribution in [0.4, 0.5) is 17.3 Å². The average Bonchev–Trinajstić information content (AvgIpc) is 2.65. The van der Waals surface area contributed by atoms with Crippen molar-refractivity contribution in [1.82, 2.24) is 4.73 Å². The van der Waals surface area contributed by atoms with Crippen molar-refractivity contribution < 1.29 is 9.94 Å². The van der Waals surface area contributed by atoms with E-state index in [1.54, 1.807) is 6.07 Å². The van der Waals surface area contributed by atoms with Crippen LogP contribution in [0.3, 0.4) is 0 Å². The number of hydrogen-bond donors (Lipinski definition) is 4. The molecule has 0 amide bonds. The first kappa shape index (κ1) is 14.1. The summed E-state index contributed by atoms with van der Waals surface area (Å²) in [6.45, 7) is 7.83. The lowest BCUT2D eigenvalue weighted by Crippen LogP contribution is -2.30. The largest absolute Gasteiger partial charge is 0.740 e. The number of rotatable bonds is 6. The van der Waals surface area contributed by atoms with Crippen molar-refractivity contribution in [1.29, 1.82) is 0 Å². The van der Waals surface area contributed by atoms with E-state index in [2.05, 4.69) is 16.0 Å². The lowest BCUT2D eigenvalue weighted by atomic mass is 10.2. The molecule has 1 aromatic carbocycles. The van der Waals surface area contributed by atoms with E-state index in [1.807, 2.05) is 26.8 Å². The quantitative estimate of drug-likeness (QED) is 0.368. The summed E-state index contributed by atoms with van der Waals surface area (Å²) in [6, 6.07) is 3.62. The second kappa shape index (κ2) is 5.77. The van der Waals surface area contributed by atoms with E-state index >= 15 is 0 Å². The fourth-order valence-corrected chi connectivity index (χ4v) is 2.24. The maximum absolute atomic E-state index is 12.3. The predicted octanol–water partition coefficient (Wildman–Crippen LogP) is 1.81. The minimum atomic E-state index is 0.121. The molecular formula is C13H21N5O2. The highest BCUT2D eigenvalue weighted by atomic mass is 16.5. The van der Waals surface area contributed by atoms with Crippen LogP contribution in [0.25, 0.3) is 11.0 Å². The molecule has 2 aromatic rings. The fourth-order valence-electron chi connectivity index (χ4n) is 2.24. The first-order chi connectivity index (χ1) is 9.63. The highest BCUT2D eigenvalue weighted by Gasteiger charge is 2.22. The topological polar surface area (TPSA) is 88.2 Å². The molecule has 7 heteroatoms. The van der Waals surface area contributed by atoms with Gasteiger partial charge in [0.1, 0.15) is 5.52 Å². The Morgan fingerprint density at radius 3 is 2.35 bits per heavy atom. The zero-order valence-corrected chi connectivity index (χ0v) is 12.0. The van der Waals surface area contributed by atoms with E-state index in [9.17, 15) is 10.4 Å². The predicted molar refractivity (Wildman–Crippen MR) is 80.6 cm³/mol. The van der Waals surface area contributed by atoms with E-state index in [-0.39, 0.29) is 5.95 Å². The number of nitrogens with one attached hydrogen (secondary N) is 3. The third-order valence-corrected chi connectivity index (χ3v) is 3.00. The van der Waals surface area contributed by atoms with Crippen LogP contribution in [-0.2, 0) is 0 Å². The summed E-state index contributed by atoms with van der Waals surface area (Å²) in [6.07, 6.45) is 0. The van der Waals surface area contributed by atoms with Crippen molar-refractivity contribution in [2.24, 2.45) is 0 Å². The van der Waals surface area contributed by atoms with Gasteiger partial charge in [-0.15, -0.1) is 0 Å². The van der Waals surface area contributed by atoms with E-state index in [0.29, 0.717) is 28.9 Å². The molecule has 0 fully saturated rings. The Morgan fingerprint density at radius 1 is 1.10 bits per heavy atom. The third kappa shape index (κ3) is 2.26. The number of nitrogens with zero attached hydrogens (tertiary/aromatic N) is 2. The van der Waals surface area contributed by atoms with Crippen LogP contribution in [0.15, 0.2) is 12.1 Å². The Morgan fingerprint density at radius 2 is 1.75 bits per heavy atom. The number of anilines is 3. The molecule has 110 valence electrons. The highest BCUT2D eigenvalue weighted by Crippen LogP contribution is 2.28. The van der Waals surface area contributed by atoms with Gasteiger partial charge in [-0.1, -0.05) is 4.73 Å². The second-order valence-corrected chi connectivity index (χ2v) is 4.41. The average molecular weight is 279 g/mol. The molecular weight excluding hydrogens is 258 g/mol. The molecule has 0 aliphatic carbocycles. The van der Waals surface area contributed by atoms with Crippen molar-refractivity contribution in [3.63, 3.8) is 0 Å². The lowest BCUT2D eigenvalue weighted by molar-refractivity contribution is -0.563. The van der Waals surface area contributed by atoms with E-state index in [1.165, 1.54) is 0 Å². The summed E-state index contributed by atoms with van der Waals surface area (Å²) < 4.78 is 1.61. The van der Waals surface area contributed by atoms with Crippen LogP contribution in [0.2, 0.25) is 0 Å². The zero-order valence-electron chi connectivity index (χ0n) is 12.0. The number of aromatic nitrogens is 2. The molecule has 1 aromatic heterocycles. The van der Waals surface area contributed by atoms with Crippen LogP contribution in [0.1, 0.15) is 20.8 Å². The zero-order chi connectivity index (χ0) is 14.7. The first-order valence-corrected chi connectivity index (χ1v) is 6.86. The second-order valence-electron chi connectivity index (χ2n) is 4.41. The summed E-state index contributed by atoms with van der Waals surface area (Å²) in [7, 11) is 0. The molecule has 1 heterocycles. The van der Waals surface area contributed by atoms with Gasteiger partial charge in [-0.05, 0) is 26.8 Å². The molecule has 0 saturated heterocycles. The van der Waals surface area contributed by atoms with E-state index in [4.69, 9.17) is 0 Å². The molecule has 0 aliphatic heterocycles. The van der Waals surface area contributed by atoms with Crippen LogP contribution in [-0.4, -0.2) is 29.6 Å². The molecule has 7 nitrogen and oxygen atoms in total. The van der Waals surface area contributed by atoms with Gasteiger partial charge in [0, 0.05) is 24.8 Å². The molecule has 0 aliphatic rings. The fraction of sp³-hybridized carbons (Fsp3) is 0.462. The molecule has 20 heavy (non-hydrogen) atoms. The first-order valence-electron chi connectivity index (χ1n) is 6.86. The summed E-state index contributed by atoms with van der Waals surface area (Å²) in [5.74, 6) is 0.121. The SMILES string of the molecule is CCNc1cc(NCC)c2c(c1)[n+]([O-])c(NCC)n2O. The number of benzene rings is 1. The molecule has 0 bridgehead atoms. The van der Waals surface area contributed by atoms with Gasteiger partial charge in [-0.3, -0.25) is 5.32 Å². The number of fused-ring (bicyclic) bond motifs is 1. The summed E-state index contributed by atoms with van der Waals surface area (Å²) in [4.78, 5) is 0. The maximum Gasteiger partial charge on any atom is 0.395 e. The Balaban J connectivity index is 2.69. The monoisotopic (exact) mass is 279 g/mol. The molecule has 0 atom stereocenters. The van der Waals surface area contributed by atoms with Crippen LogP contribution < -0.4 is 20.7 Å². The Kier molecular flexibility index (Phi) is 4.07. The van der Waals surface area contributed by atoms with Gasteiger partial charge in [0.25, 0.3) is 0 Å². The van der Waals surface area contributed by atoms with Crippen molar-refractivity contribution in [3.8, 4) is 0 Å². The van der Waals surface area contributed by atoms with Crippen molar-refractivity contribution in [2.45, 2.75) is 20.8 Å². The normalized spacial score (nSPS) is 10.8. The van der Waals surface area contributed by atoms with Gasteiger partial charge in [-0.2, -0.15) is 0 Å². The smallest absolute Gasteiger partial charge is 0.395 e. The number of imidazole rings is 1. The van der Waals surface area contributed by atoms with Gasteiger partial charge < -0.3 is 21.0 Å². The molecule has 0 saturated carbocycles. The van der Waals surface area contributed by atoms with Gasteiger partial charge >= 0.3 is 5.95 Å².